The second-order valence-corrected chi connectivity index (χ2v) is 16.3. The topological polar surface area (TPSA) is 15.7 Å². The number of benzene rings is 9. The van der Waals surface area contributed by atoms with E-state index in [0.29, 0.717) is 0 Å². The van der Waals surface area contributed by atoms with E-state index in [0.717, 1.165) is 56.8 Å². The number of anilines is 6. The summed E-state index contributed by atoms with van der Waals surface area (Å²) in [4.78, 5) is 4.84. The summed E-state index contributed by atoms with van der Waals surface area (Å²) in [6, 6.07) is 79.0. The van der Waals surface area contributed by atoms with E-state index in [1.165, 1.54) is 42.4 Å². The van der Waals surface area contributed by atoms with E-state index in [1.807, 2.05) is 11.3 Å². The van der Waals surface area contributed by atoms with Crippen molar-refractivity contribution < 1.29 is 4.74 Å². The van der Waals surface area contributed by atoms with Crippen LogP contribution in [0, 0.1) is 0 Å². The number of thiophene rings is 1. The van der Waals surface area contributed by atoms with Gasteiger partial charge < -0.3 is 14.5 Å². The van der Waals surface area contributed by atoms with Gasteiger partial charge in [-0.3, -0.25) is 0 Å². The molecule has 1 aliphatic heterocycles. The third-order valence-electron chi connectivity index (χ3n) is 12.1. The Hall–Kier alpha value is -7.40. The zero-order valence-electron chi connectivity index (χ0n) is 32.0. The lowest BCUT2D eigenvalue weighted by molar-refractivity contribution is 0.436. The lowest BCUT2D eigenvalue weighted by Gasteiger charge is -2.41. The summed E-state index contributed by atoms with van der Waals surface area (Å²) in [6.45, 7) is 0. The Morgan fingerprint density at radius 3 is 1.54 bits per heavy atom. The zero-order chi connectivity index (χ0) is 38.9. The van der Waals surface area contributed by atoms with E-state index in [-0.39, 0.29) is 0 Å². The number of para-hydroxylation sites is 4. The molecule has 1 aromatic heterocycles. The molecule has 0 radical (unpaired) electrons. The van der Waals surface area contributed by atoms with E-state index in [1.54, 1.807) is 0 Å². The van der Waals surface area contributed by atoms with Gasteiger partial charge in [0, 0.05) is 59.6 Å². The summed E-state index contributed by atoms with van der Waals surface area (Å²) in [6.07, 6.45) is 0. The highest BCUT2D eigenvalue weighted by molar-refractivity contribution is 7.26. The normalized spacial score (nSPS) is 13.0. The molecule has 278 valence electrons. The minimum absolute atomic E-state index is 0.645. The average Bonchev–Trinajstić information content (AvgIpc) is 3.83. The van der Waals surface area contributed by atoms with Gasteiger partial charge in [0.15, 0.2) is 0 Å². The summed E-state index contributed by atoms with van der Waals surface area (Å²) in [7, 11) is 0. The van der Waals surface area contributed by atoms with Crippen molar-refractivity contribution >= 4 is 65.6 Å². The van der Waals surface area contributed by atoms with Crippen LogP contribution in [-0.4, -0.2) is 0 Å². The number of fused-ring (bicyclic) bond motifs is 12. The Labute approximate surface area is 347 Å². The fraction of sp³-hybridized carbons (Fsp3) is 0.0182. The molecule has 0 saturated heterocycles. The second kappa shape index (κ2) is 13.3. The molecule has 1 aliphatic carbocycles. The summed E-state index contributed by atoms with van der Waals surface area (Å²) in [5, 5.41) is 2.51. The third kappa shape index (κ3) is 5.00. The molecule has 0 N–H and O–H groups in total. The summed E-state index contributed by atoms with van der Waals surface area (Å²) < 4.78 is 9.29. The predicted molar refractivity (Wildman–Crippen MR) is 246 cm³/mol. The highest BCUT2D eigenvalue weighted by Gasteiger charge is 2.52. The number of hydrogen-bond acceptors (Lipinski definition) is 4. The molecule has 1 spiro atoms. The van der Waals surface area contributed by atoms with Crippen LogP contribution in [0.4, 0.5) is 34.1 Å². The first kappa shape index (κ1) is 33.7. The highest BCUT2D eigenvalue weighted by Crippen LogP contribution is 2.65. The van der Waals surface area contributed by atoms with Gasteiger partial charge in [0.1, 0.15) is 11.5 Å². The van der Waals surface area contributed by atoms with Crippen LogP contribution in [0.3, 0.4) is 0 Å². The van der Waals surface area contributed by atoms with Crippen molar-refractivity contribution in [1.29, 1.82) is 0 Å². The van der Waals surface area contributed by atoms with Gasteiger partial charge in [0.25, 0.3) is 0 Å². The van der Waals surface area contributed by atoms with Crippen molar-refractivity contribution in [2.75, 3.05) is 9.80 Å². The van der Waals surface area contributed by atoms with E-state index in [9.17, 15) is 0 Å². The van der Waals surface area contributed by atoms with Crippen molar-refractivity contribution in [2.24, 2.45) is 0 Å². The fourth-order valence-corrected chi connectivity index (χ4v) is 10.9. The molecule has 0 fully saturated rings. The smallest absolute Gasteiger partial charge is 0.132 e. The molecule has 4 heteroatoms. The molecule has 0 atom stereocenters. The minimum atomic E-state index is -0.645. The summed E-state index contributed by atoms with van der Waals surface area (Å²) in [5.41, 5.74) is 13.3. The van der Waals surface area contributed by atoms with Crippen LogP contribution >= 0.6 is 11.3 Å². The van der Waals surface area contributed by atoms with Crippen molar-refractivity contribution in [3.8, 4) is 22.6 Å². The van der Waals surface area contributed by atoms with Gasteiger partial charge in [-0.05, 0) is 102 Å². The molecule has 9 aromatic carbocycles. The molecule has 3 nitrogen and oxygen atoms in total. The Morgan fingerprint density at radius 1 is 0.356 bits per heavy atom. The monoisotopic (exact) mass is 772 g/mol. The maximum absolute atomic E-state index is 6.75. The maximum atomic E-state index is 6.75. The number of rotatable bonds is 6. The van der Waals surface area contributed by atoms with Crippen LogP contribution in [0.2, 0.25) is 0 Å². The molecular weight excluding hydrogens is 737 g/mol. The van der Waals surface area contributed by atoms with Gasteiger partial charge in [-0.2, -0.15) is 0 Å². The lowest BCUT2D eigenvalue weighted by atomic mass is 9.65. The van der Waals surface area contributed by atoms with Crippen molar-refractivity contribution in [2.45, 2.75) is 5.41 Å². The van der Waals surface area contributed by atoms with Crippen LogP contribution in [0.1, 0.15) is 22.3 Å². The van der Waals surface area contributed by atoms with Crippen LogP contribution in [0.5, 0.6) is 11.5 Å². The van der Waals surface area contributed by atoms with Crippen molar-refractivity contribution in [3.63, 3.8) is 0 Å². The number of hydrogen-bond donors (Lipinski definition) is 0. The van der Waals surface area contributed by atoms with Gasteiger partial charge in [0.05, 0.1) is 16.8 Å². The summed E-state index contributed by atoms with van der Waals surface area (Å²) in [5.74, 6) is 1.76. The summed E-state index contributed by atoms with van der Waals surface area (Å²) >= 11 is 1.85. The van der Waals surface area contributed by atoms with Crippen LogP contribution < -0.4 is 14.5 Å². The van der Waals surface area contributed by atoms with Crippen LogP contribution in [0.25, 0.3) is 31.3 Å². The van der Waals surface area contributed by atoms with Gasteiger partial charge in [-0.25, -0.2) is 0 Å². The highest BCUT2D eigenvalue weighted by atomic mass is 32.1. The molecule has 10 aromatic rings. The first-order valence-corrected chi connectivity index (χ1v) is 20.9. The minimum Gasteiger partial charge on any atom is -0.457 e. The zero-order valence-corrected chi connectivity index (χ0v) is 32.8. The first-order chi connectivity index (χ1) is 29.3. The van der Waals surface area contributed by atoms with Crippen LogP contribution in [0.15, 0.2) is 218 Å². The number of ether oxygens (including phenoxy) is 1. The first-order valence-electron chi connectivity index (χ1n) is 20.1. The Morgan fingerprint density at radius 2 is 0.847 bits per heavy atom. The van der Waals surface area contributed by atoms with Gasteiger partial charge in [-0.1, -0.05) is 133 Å². The molecule has 2 aliphatic rings. The molecular formula is C55H36N2OS. The van der Waals surface area contributed by atoms with E-state index in [2.05, 4.69) is 228 Å². The molecule has 2 heterocycles. The van der Waals surface area contributed by atoms with Crippen molar-refractivity contribution in [1.82, 2.24) is 0 Å². The Kier molecular flexibility index (Phi) is 7.62. The Balaban J connectivity index is 1.16. The SMILES string of the molecule is c1ccc(N(c2ccccc2)c2ccc(N(c3cccc4c3C3(c5ccccc5Oc5ccccc53)c3ccccc3-4)c3cccc4sc5ccccc5c34)cc2)cc1. The quantitative estimate of drug-likeness (QED) is 0.167. The standard InChI is InChI=1S/C55H36N2OS/c1-3-17-37(18-4-1)56(38-19-5-2-6-20-38)39-33-35-40(36-34-39)57(47-27-16-32-52-53(47)43-22-8-14-31-51(43)59-52)48-28-15-23-42-41-21-7-9-24-44(41)55(54(42)48)45-25-10-12-29-49(45)58-50-30-13-11-26-46(50)55/h1-36H. The van der Waals surface area contributed by atoms with E-state index >= 15 is 0 Å². The van der Waals surface area contributed by atoms with E-state index in [4.69, 9.17) is 4.74 Å². The molecule has 59 heavy (non-hydrogen) atoms. The van der Waals surface area contributed by atoms with Gasteiger partial charge in [0.2, 0.25) is 0 Å². The van der Waals surface area contributed by atoms with Gasteiger partial charge >= 0.3 is 0 Å². The van der Waals surface area contributed by atoms with Gasteiger partial charge in [-0.15, -0.1) is 11.3 Å². The largest absolute Gasteiger partial charge is 0.457 e. The predicted octanol–water partition coefficient (Wildman–Crippen LogP) is 15.5. The number of nitrogens with zero attached hydrogens (tertiary/aromatic N) is 2. The third-order valence-corrected chi connectivity index (χ3v) is 13.2. The maximum Gasteiger partial charge on any atom is 0.132 e. The molecule has 12 rings (SSSR count). The van der Waals surface area contributed by atoms with Crippen LogP contribution in [-0.2, 0) is 5.41 Å². The second-order valence-electron chi connectivity index (χ2n) is 15.2. The molecule has 0 saturated carbocycles. The molecule has 0 amide bonds. The lowest BCUT2D eigenvalue weighted by Crippen LogP contribution is -2.33. The van der Waals surface area contributed by atoms with E-state index < -0.39 is 5.41 Å². The average molecular weight is 773 g/mol. The Bertz CT molecular complexity index is 3120. The van der Waals surface area contributed by atoms with Crippen molar-refractivity contribution in [3.05, 3.63) is 241 Å². The molecule has 0 unspecified atom stereocenters. The fourth-order valence-electron chi connectivity index (χ4n) is 9.78. The molecule has 0 bridgehead atoms.